The van der Waals surface area contributed by atoms with Crippen LogP contribution in [0, 0.1) is 0 Å². The van der Waals surface area contributed by atoms with Crippen molar-refractivity contribution >= 4 is 40.6 Å². The van der Waals surface area contributed by atoms with E-state index in [1.807, 2.05) is 0 Å². The molecular formula is C16H19N3O6S. The van der Waals surface area contributed by atoms with Gasteiger partial charge in [0.15, 0.2) is 0 Å². The van der Waals surface area contributed by atoms with Crippen LogP contribution in [0.4, 0.5) is 0 Å². The number of nitrogens with one attached hydrogen (secondary N) is 3. The lowest BCUT2D eigenvalue weighted by molar-refractivity contribution is -0.141. The molecular weight excluding hydrogens is 362 g/mol. The Morgan fingerprint density at radius 3 is 1.96 bits per heavy atom. The smallest absolute Gasteiger partial charge is 0.325 e. The van der Waals surface area contributed by atoms with Crippen LogP contribution in [0.25, 0.3) is 0 Å². The summed E-state index contributed by atoms with van der Waals surface area (Å²) in [7, 11) is 1.19. The maximum atomic E-state index is 11.8. The predicted octanol–water partition coefficient (Wildman–Crippen LogP) is -0.918. The van der Waals surface area contributed by atoms with Gasteiger partial charge in [-0.1, -0.05) is 42.1 Å². The third-order valence-electron chi connectivity index (χ3n) is 2.89. The van der Waals surface area contributed by atoms with Crippen molar-refractivity contribution in [1.82, 2.24) is 16.0 Å². The Morgan fingerprint density at radius 2 is 1.38 bits per heavy atom. The topological polar surface area (TPSA) is 131 Å². The normalized spacial score (nSPS) is 9.73. The van der Waals surface area contributed by atoms with Crippen molar-refractivity contribution in [3.8, 4) is 0 Å². The van der Waals surface area contributed by atoms with Gasteiger partial charge in [0.2, 0.25) is 22.8 Å². The van der Waals surface area contributed by atoms with Gasteiger partial charge in [0.25, 0.3) is 0 Å². The van der Waals surface area contributed by atoms with Gasteiger partial charge in [-0.2, -0.15) is 0 Å². The molecule has 0 aliphatic heterocycles. The third kappa shape index (κ3) is 8.83. The Hall–Kier alpha value is -2.88. The van der Waals surface area contributed by atoms with E-state index in [4.69, 9.17) is 0 Å². The van der Waals surface area contributed by atoms with Crippen LogP contribution in [-0.4, -0.2) is 61.3 Å². The Labute approximate surface area is 154 Å². The second kappa shape index (κ2) is 11.6. The van der Waals surface area contributed by atoms with Gasteiger partial charge in [0.1, 0.15) is 6.54 Å². The first-order valence-corrected chi connectivity index (χ1v) is 8.50. The van der Waals surface area contributed by atoms with Crippen LogP contribution in [0.5, 0.6) is 0 Å². The van der Waals surface area contributed by atoms with Crippen molar-refractivity contribution < 1.29 is 28.7 Å². The highest BCUT2D eigenvalue weighted by atomic mass is 32.2. The minimum Gasteiger partial charge on any atom is -0.468 e. The van der Waals surface area contributed by atoms with E-state index < -0.39 is 23.7 Å². The van der Waals surface area contributed by atoms with E-state index in [0.717, 1.165) is 11.8 Å². The number of esters is 1. The van der Waals surface area contributed by atoms with Gasteiger partial charge in [0, 0.05) is 5.56 Å². The first-order chi connectivity index (χ1) is 12.4. The fourth-order valence-electron chi connectivity index (χ4n) is 1.57. The number of rotatable bonds is 9. The van der Waals surface area contributed by atoms with Crippen molar-refractivity contribution in [2.24, 2.45) is 0 Å². The molecule has 140 valence electrons. The fourth-order valence-corrected chi connectivity index (χ4v) is 2.23. The average Bonchev–Trinajstić information content (AvgIpc) is 2.67. The number of hydrogen-bond donors (Lipinski definition) is 3. The summed E-state index contributed by atoms with van der Waals surface area (Å²) in [6, 6.07) is 8.51. The number of methoxy groups -OCH3 is 1. The quantitative estimate of drug-likeness (QED) is 0.472. The summed E-state index contributed by atoms with van der Waals surface area (Å²) in [5, 5.41) is 6.62. The molecule has 0 atom stereocenters. The van der Waals surface area contributed by atoms with Gasteiger partial charge in [-0.3, -0.25) is 24.0 Å². The van der Waals surface area contributed by atoms with E-state index in [2.05, 4.69) is 20.7 Å². The zero-order valence-corrected chi connectivity index (χ0v) is 14.9. The summed E-state index contributed by atoms with van der Waals surface area (Å²) in [5.41, 5.74) is 0.487. The van der Waals surface area contributed by atoms with Gasteiger partial charge < -0.3 is 20.7 Å². The monoisotopic (exact) mass is 381 g/mol. The third-order valence-corrected chi connectivity index (χ3v) is 3.80. The molecule has 0 heterocycles. The Bertz CT molecular complexity index is 665. The van der Waals surface area contributed by atoms with E-state index in [0.29, 0.717) is 5.56 Å². The SMILES string of the molecule is COC(=O)CNC(=O)CNC(=O)CNC(=O)CSC(=O)c1ccccc1. The van der Waals surface area contributed by atoms with E-state index in [9.17, 15) is 24.0 Å². The lowest BCUT2D eigenvalue weighted by atomic mass is 10.2. The number of benzene rings is 1. The molecule has 0 saturated carbocycles. The standard InChI is InChI=1S/C16H19N3O6S/c1-25-15(23)9-19-13(21)7-17-12(20)8-18-14(22)10-26-16(24)11-5-3-2-4-6-11/h2-6H,7-10H2,1H3,(H,17,20)(H,18,22)(H,19,21). The molecule has 10 heteroatoms. The minimum absolute atomic E-state index is 0.124. The number of thioether (sulfide) groups is 1. The molecule has 0 bridgehead atoms. The van der Waals surface area contributed by atoms with Crippen LogP contribution in [0.1, 0.15) is 10.4 Å². The predicted molar refractivity (Wildman–Crippen MR) is 94.3 cm³/mol. The number of amides is 3. The van der Waals surface area contributed by atoms with Crippen molar-refractivity contribution in [1.29, 1.82) is 0 Å². The molecule has 1 aromatic rings. The van der Waals surface area contributed by atoms with E-state index in [1.165, 1.54) is 7.11 Å². The van der Waals surface area contributed by atoms with E-state index >= 15 is 0 Å². The number of hydrogen-bond acceptors (Lipinski definition) is 7. The van der Waals surface area contributed by atoms with Crippen LogP contribution in [0.15, 0.2) is 30.3 Å². The van der Waals surface area contributed by atoms with Gasteiger partial charge in [-0.15, -0.1) is 0 Å². The summed E-state index contributed by atoms with van der Waals surface area (Å²) < 4.78 is 4.34. The van der Waals surface area contributed by atoms with Gasteiger partial charge in [-0.05, 0) is 0 Å². The van der Waals surface area contributed by atoms with Crippen LogP contribution < -0.4 is 16.0 Å². The fraction of sp³-hybridized carbons (Fsp3) is 0.312. The molecule has 0 unspecified atom stereocenters. The molecule has 0 fully saturated rings. The lowest BCUT2D eigenvalue weighted by Crippen LogP contribution is -2.43. The Morgan fingerprint density at radius 1 is 0.846 bits per heavy atom. The van der Waals surface area contributed by atoms with E-state index in [1.54, 1.807) is 30.3 Å². The zero-order chi connectivity index (χ0) is 19.4. The maximum absolute atomic E-state index is 11.8. The largest absolute Gasteiger partial charge is 0.468 e. The summed E-state index contributed by atoms with van der Waals surface area (Å²) in [5.74, 6) is -2.37. The number of ether oxygens (including phenoxy) is 1. The molecule has 3 amide bonds. The molecule has 0 radical (unpaired) electrons. The minimum atomic E-state index is -0.612. The molecule has 1 rings (SSSR count). The molecule has 0 aliphatic rings. The van der Waals surface area contributed by atoms with Crippen molar-refractivity contribution in [3.63, 3.8) is 0 Å². The molecule has 0 aliphatic carbocycles. The van der Waals surface area contributed by atoms with Crippen LogP contribution in [-0.2, 0) is 23.9 Å². The van der Waals surface area contributed by atoms with Crippen LogP contribution in [0.2, 0.25) is 0 Å². The molecule has 0 spiro atoms. The number of carbonyl (C=O) groups is 5. The lowest BCUT2D eigenvalue weighted by Gasteiger charge is -2.07. The Kier molecular flexibility index (Phi) is 9.47. The maximum Gasteiger partial charge on any atom is 0.325 e. The van der Waals surface area contributed by atoms with Gasteiger partial charge in [0.05, 0.1) is 26.0 Å². The second-order valence-corrected chi connectivity index (χ2v) is 5.80. The van der Waals surface area contributed by atoms with Crippen molar-refractivity contribution in [2.75, 3.05) is 32.5 Å². The first kappa shape index (κ1) is 21.2. The van der Waals surface area contributed by atoms with Crippen LogP contribution >= 0.6 is 11.8 Å². The molecule has 26 heavy (non-hydrogen) atoms. The summed E-state index contributed by atoms with van der Waals surface area (Å²) in [6.07, 6.45) is 0. The molecule has 0 aromatic heterocycles. The molecule has 1 aromatic carbocycles. The average molecular weight is 381 g/mol. The van der Waals surface area contributed by atoms with Crippen molar-refractivity contribution in [3.05, 3.63) is 35.9 Å². The highest BCUT2D eigenvalue weighted by Crippen LogP contribution is 2.11. The van der Waals surface area contributed by atoms with Crippen molar-refractivity contribution in [2.45, 2.75) is 0 Å². The summed E-state index contributed by atoms with van der Waals surface area (Å²) in [6.45, 7) is -0.968. The number of carbonyl (C=O) groups excluding carboxylic acids is 5. The molecule has 9 nitrogen and oxygen atoms in total. The summed E-state index contributed by atoms with van der Waals surface area (Å²) >= 11 is 0.828. The molecule has 3 N–H and O–H groups in total. The van der Waals surface area contributed by atoms with E-state index in [-0.39, 0.29) is 30.5 Å². The highest BCUT2D eigenvalue weighted by Gasteiger charge is 2.11. The second-order valence-electron chi connectivity index (χ2n) is 4.85. The van der Waals surface area contributed by atoms with Crippen LogP contribution in [0.3, 0.4) is 0 Å². The first-order valence-electron chi connectivity index (χ1n) is 7.51. The zero-order valence-electron chi connectivity index (χ0n) is 14.1. The van der Waals surface area contributed by atoms with Gasteiger partial charge >= 0.3 is 5.97 Å². The Balaban J connectivity index is 2.17. The molecule has 0 saturated heterocycles. The highest BCUT2D eigenvalue weighted by molar-refractivity contribution is 8.14. The summed E-state index contributed by atoms with van der Waals surface area (Å²) in [4.78, 5) is 57.2. The van der Waals surface area contributed by atoms with Gasteiger partial charge in [-0.25, -0.2) is 0 Å².